The van der Waals surface area contributed by atoms with Gasteiger partial charge in [-0.3, -0.25) is 29.5 Å². The lowest BCUT2D eigenvalue weighted by Crippen LogP contribution is -2.53. The van der Waals surface area contributed by atoms with Gasteiger partial charge in [-0.1, -0.05) is 59.1 Å². The van der Waals surface area contributed by atoms with Gasteiger partial charge in [0.25, 0.3) is 11.8 Å². The number of rotatable bonds is 6. The predicted octanol–water partition coefficient (Wildman–Crippen LogP) is 7.29. The maximum absolute atomic E-state index is 15.3. The van der Waals surface area contributed by atoms with Crippen LogP contribution in [0.5, 0.6) is 11.5 Å². The maximum atomic E-state index is 15.3. The van der Waals surface area contributed by atoms with Gasteiger partial charge in [0, 0.05) is 28.2 Å². The van der Waals surface area contributed by atoms with E-state index in [-0.39, 0.29) is 54.1 Å². The first-order chi connectivity index (χ1) is 24.9. The van der Waals surface area contributed by atoms with E-state index >= 15 is 4.79 Å². The van der Waals surface area contributed by atoms with Gasteiger partial charge in [-0.25, -0.2) is 4.98 Å². The van der Waals surface area contributed by atoms with E-state index in [1.165, 1.54) is 4.90 Å². The Kier molecular flexibility index (Phi) is 8.84. The summed E-state index contributed by atoms with van der Waals surface area (Å²) in [5.74, 6) is -7.41. The number of benzene rings is 2. The lowest BCUT2D eigenvalue weighted by atomic mass is 9.49. The number of hydrogen-bond donors (Lipinski definition) is 2. The number of aromatic hydroxyl groups is 1. The third-order valence-corrected chi connectivity index (χ3v) is 11.4. The molecule has 10 nitrogen and oxygen atoms in total. The smallest absolute Gasteiger partial charge is 0.417 e. The summed E-state index contributed by atoms with van der Waals surface area (Å²) < 4.78 is 46.1. The molecule has 0 radical (unpaired) electrons. The standard InChI is InChI=1S/C38H35Cl2F3N4O6/c1-5-53-27-8-6-7-23(30(27)48)29-21-13-14-22-28(34(51)46(32(22)49)36(2,3)4)24(21)16-25-33(50)47(35(52)37(25,29)18-9-11-20(39)12-10-18)45-31-26(40)15-19(17-44-31)38(41,42)43/h6-13,15,17,22,24-25,28-29,48H,5,14,16H2,1-4H3,(H,44,45). The number of nitrogens with one attached hydrogen (secondary N) is 1. The summed E-state index contributed by atoms with van der Waals surface area (Å²) in [6.07, 6.45) is -2.25. The first-order valence-electron chi connectivity index (χ1n) is 17.1. The highest BCUT2D eigenvalue weighted by Gasteiger charge is 2.71. The number of alkyl halides is 3. The molecular formula is C38H35Cl2F3N4O6. The molecule has 3 heterocycles. The SMILES string of the molecule is CCOc1cccc(C2C3=CCC4C(=O)N(C(C)(C)C)C(=O)C4C3CC3C(=O)N(Nc4ncc(C(F)(F)F)cc4Cl)C(=O)C32c2ccc(Cl)cc2)c1O. The van der Waals surface area contributed by atoms with Crippen LogP contribution in [0.25, 0.3) is 0 Å². The third kappa shape index (κ3) is 5.57. The van der Waals surface area contributed by atoms with Crippen molar-refractivity contribution in [1.82, 2.24) is 14.9 Å². The van der Waals surface area contributed by atoms with Crippen LogP contribution < -0.4 is 10.2 Å². The summed E-state index contributed by atoms with van der Waals surface area (Å²) >= 11 is 12.6. The van der Waals surface area contributed by atoms with E-state index in [2.05, 4.69) is 10.4 Å². The Morgan fingerprint density at radius 3 is 2.32 bits per heavy atom. The van der Waals surface area contributed by atoms with Gasteiger partial charge in [-0.05, 0) is 76.3 Å². The minimum atomic E-state index is -4.75. The molecule has 2 saturated heterocycles. The van der Waals surface area contributed by atoms with Gasteiger partial charge in [0.2, 0.25) is 11.8 Å². The molecular weight excluding hydrogens is 736 g/mol. The molecule has 2 aliphatic heterocycles. The second-order valence-electron chi connectivity index (χ2n) is 14.7. The second-order valence-corrected chi connectivity index (χ2v) is 15.6. The largest absolute Gasteiger partial charge is 0.504 e. The fourth-order valence-electron chi connectivity index (χ4n) is 8.83. The van der Waals surface area contributed by atoms with Crippen molar-refractivity contribution in [3.8, 4) is 11.5 Å². The normalized spacial score (nSPS) is 27.0. The number of carbonyl (C=O) groups excluding carboxylic acids is 4. The minimum Gasteiger partial charge on any atom is -0.504 e. The number of fused-ring (bicyclic) bond motifs is 4. The Hall–Kier alpha value is -4.62. The molecule has 2 N–H and O–H groups in total. The number of nitrogens with zero attached hydrogens (tertiary/aromatic N) is 3. The number of hydrogen-bond acceptors (Lipinski definition) is 8. The average molecular weight is 772 g/mol. The third-order valence-electron chi connectivity index (χ3n) is 10.9. The molecule has 6 unspecified atom stereocenters. The number of phenols is 1. The number of imide groups is 2. The molecule has 1 saturated carbocycles. The van der Waals surface area contributed by atoms with Crippen LogP contribution in [-0.2, 0) is 30.8 Å². The number of hydrazine groups is 1. The van der Waals surface area contributed by atoms with Gasteiger partial charge < -0.3 is 9.84 Å². The molecule has 15 heteroatoms. The first kappa shape index (κ1) is 36.7. The highest BCUT2D eigenvalue weighted by Crippen LogP contribution is 2.65. The number of phenolic OH excluding ortho intramolecular Hbond substituents is 1. The highest BCUT2D eigenvalue weighted by molar-refractivity contribution is 6.33. The van der Waals surface area contributed by atoms with E-state index in [1.807, 2.05) is 6.08 Å². The molecule has 1 aromatic heterocycles. The Balaban J connectivity index is 1.46. The van der Waals surface area contributed by atoms with Crippen molar-refractivity contribution in [3.05, 3.63) is 93.1 Å². The monoisotopic (exact) mass is 770 g/mol. The quantitative estimate of drug-likeness (QED) is 0.198. The summed E-state index contributed by atoms with van der Waals surface area (Å²) in [5.41, 5.74) is 0.0243. The number of pyridine rings is 1. The van der Waals surface area contributed by atoms with Gasteiger partial charge in [-0.15, -0.1) is 0 Å². The molecule has 0 bridgehead atoms. The summed E-state index contributed by atoms with van der Waals surface area (Å²) in [5, 5.41) is 12.4. The predicted molar refractivity (Wildman–Crippen MR) is 188 cm³/mol. The molecule has 278 valence electrons. The van der Waals surface area contributed by atoms with Crippen LogP contribution in [0, 0.1) is 23.7 Å². The number of halogens is 5. The van der Waals surface area contributed by atoms with Crippen LogP contribution in [0.3, 0.4) is 0 Å². The van der Waals surface area contributed by atoms with Crippen molar-refractivity contribution in [2.45, 2.75) is 63.6 Å². The van der Waals surface area contributed by atoms with Gasteiger partial charge >= 0.3 is 6.18 Å². The minimum absolute atomic E-state index is 0.0496. The van der Waals surface area contributed by atoms with Crippen molar-refractivity contribution in [1.29, 1.82) is 0 Å². The van der Waals surface area contributed by atoms with Crippen LogP contribution in [0.2, 0.25) is 10.0 Å². The Morgan fingerprint density at radius 2 is 1.70 bits per heavy atom. The van der Waals surface area contributed by atoms with E-state index in [9.17, 15) is 32.7 Å². The topological polar surface area (TPSA) is 129 Å². The summed E-state index contributed by atoms with van der Waals surface area (Å²) in [4.78, 5) is 63.3. The van der Waals surface area contributed by atoms with E-state index in [1.54, 1.807) is 70.2 Å². The Morgan fingerprint density at radius 1 is 1.00 bits per heavy atom. The van der Waals surface area contributed by atoms with E-state index in [4.69, 9.17) is 27.9 Å². The molecule has 2 aliphatic carbocycles. The molecule has 3 fully saturated rings. The number of para-hydroxylation sites is 1. The Bertz CT molecular complexity index is 2080. The van der Waals surface area contributed by atoms with Crippen molar-refractivity contribution >= 4 is 52.6 Å². The summed E-state index contributed by atoms with van der Waals surface area (Å²) in [6, 6.07) is 11.8. The maximum Gasteiger partial charge on any atom is 0.417 e. The number of carbonyl (C=O) groups is 4. The molecule has 6 atom stereocenters. The van der Waals surface area contributed by atoms with Crippen molar-refractivity contribution in [2.24, 2.45) is 23.7 Å². The molecule has 4 amide bonds. The number of aromatic nitrogens is 1. The van der Waals surface area contributed by atoms with Crippen LogP contribution in [-0.4, -0.2) is 55.8 Å². The Labute approximate surface area is 312 Å². The molecule has 3 aromatic rings. The number of ether oxygens (including phenoxy) is 1. The van der Waals surface area contributed by atoms with E-state index < -0.39 is 69.1 Å². The van der Waals surface area contributed by atoms with Gasteiger partial charge in [0.15, 0.2) is 17.3 Å². The lowest BCUT2D eigenvalue weighted by Gasteiger charge is -2.50. The first-order valence-corrected chi connectivity index (χ1v) is 17.8. The summed E-state index contributed by atoms with van der Waals surface area (Å²) in [6.45, 7) is 7.25. The van der Waals surface area contributed by atoms with Crippen molar-refractivity contribution in [3.63, 3.8) is 0 Å². The van der Waals surface area contributed by atoms with Crippen molar-refractivity contribution < 1.29 is 42.2 Å². The summed E-state index contributed by atoms with van der Waals surface area (Å²) in [7, 11) is 0. The number of allylic oxidation sites excluding steroid dienone is 2. The molecule has 7 rings (SSSR count). The van der Waals surface area contributed by atoms with Crippen molar-refractivity contribution in [2.75, 3.05) is 12.0 Å². The zero-order chi connectivity index (χ0) is 38.4. The van der Waals surface area contributed by atoms with E-state index in [0.717, 1.165) is 0 Å². The van der Waals surface area contributed by atoms with Crippen LogP contribution in [0.15, 0.2) is 66.4 Å². The average Bonchev–Trinajstić information content (AvgIpc) is 3.47. The zero-order valence-corrected chi connectivity index (χ0v) is 30.5. The highest BCUT2D eigenvalue weighted by atomic mass is 35.5. The van der Waals surface area contributed by atoms with Crippen LogP contribution >= 0.6 is 23.2 Å². The van der Waals surface area contributed by atoms with Gasteiger partial charge in [0.05, 0.1) is 40.4 Å². The van der Waals surface area contributed by atoms with Gasteiger partial charge in [0.1, 0.15) is 0 Å². The van der Waals surface area contributed by atoms with Gasteiger partial charge in [-0.2, -0.15) is 18.2 Å². The second kappa shape index (κ2) is 12.8. The van der Waals surface area contributed by atoms with E-state index in [0.29, 0.717) is 33.4 Å². The molecule has 0 spiro atoms. The number of anilines is 1. The number of likely N-dealkylation sites (tertiary alicyclic amines) is 1. The molecule has 4 aliphatic rings. The van der Waals surface area contributed by atoms with Crippen LogP contribution in [0.1, 0.15) is 63.1 Å². The zero-order valence-electron chi connectivity index (χ0n) is 29.0. The molecule has 2 aromatic carbocycles. The molecule has 53 heavy (non-hydrogen) atoms. The lowest BCUT2D eigenvalue weighted by molar-refractivity contribution is -0.146. The fraction of sp³-hybridized carbons (Fsp3) is 0.395. The number of amides is 4. The fourth-order valence-corrected chi connectivity index (χ4v) is 9.17. The van der Waals surface area contributed by atoms with Crippen LogP contribution in [0.4, 0.5) is 19.0 Å².